The van der Waals surface area contributed by atoms with Gasteiger partial charge in [-0.25, -0.2) is 0 Å². The molecule has 1 saturated heterocycles. The summed E-state index contributed by atoms with van der Waals surface area (Å²) in [6.45, 7) is -0.397. The van der Waals surface area contributed by atoms with Gasteiger partial charge in [0.05, 0.1) is 12.7 Å². The Morgan fingerprint density at radius 1 is 1.55 bits per heavy atom. The van der Waals surface area contributed by atoms with E-state index in [1.165, 1.54) is 0 Å². The number of carbonyl (C=O) groups excluding carboxylic acids is 1. The second-order valence-electron chi connectivity index (χ2n) is 2.45. The zero-order valence-electron chi connectivity index (χ0n) is 5.80. The molecule has 0 radical (unpaired) electrons. The molecule has 5 heteroatoms. The second kappa shape index (κ2) is 3.27. The highest BCUT2D eigenvalue weighted by Crippen LogP contribution is 2.14. The number of aliphatic hydroxyl groups is 3. The van der Waals surface area contributed by atoms with Crippen molar-refractivity contribution in [1.29, 1.82) is 0 Å². The average molecular weight is 162 g/mol. The largest absolute Gasteiger partial charge is 0.394 e. The molecule has 3 atom stereocenters. The van der Waals surface area contributed by atoms with Crippen LogP contribution in [0.2, 0.25) is 0 Å². The maximum Gasteiger partial charge on any atom is 0.215 e. The van der Waals surface area contributed by atoms with Gasteiger partial charge >= 0.3 is 0 Å². The van der Waals surface area contributed by atoms with E-state index in [-0.39, 0.29) is 6.42 Å². The molecule has 0 aromatic heterocycles. The summed E-state index contributed by atoms with van der Waals surface area (Å²) in [6, 6.07) is 0. The number of Topliss-reactive ketones (excluding diaryl/α,β-unsaturated/α-hetero) is 1. The van der Waals surface area contributed by atoms with Crippen molar-refractivity contribution >= 4 is 5.78 Å². The molecule has 1 rings (SSSR count). The van der Waals surface area contributed by atoms with Crippen LogP contribution in [0.5, 0.6) is 0 Å². The van der Waals surface area contributed by atoms with Gasteiger partial charge in [0.25, 0.3) is 0 Å². The maximum absolute atomic E-state index is 10.6. The summed E-state index contributed by atoms with van der Waals surface area (Å²) >= 11 is 0. The van der Waals surface area contributed by atoms with Crippen molar-refractivity contribution in [2.75, 3.05) is 6.61 Å². The molecule has 1 aliphatic heterocycles. The minimum absolute atomic E-state index is 0.160. The number of hydrogen-bond acceptors (Lipinski definition) is 5. The fourth-order valence-electron chi connectivity index (χ4n) is 0.935. The summed E-state index contributed by atoms with van der Waals surface area (Å²) < 4.78 is 4.57. The summed E-state index contributed by atoms with van der Waals surface area (Å²) in [5.74, 6) is -0.554. The monoisotopic (exact) mass is 162 g/mol. The first kappa shape index (κ1) is 8.61. The van der Waals surface area contributed by atoms with Crippen molar-refractivity contribution in [2.45, 2.75) is 24.9 Å². The van der Waals surface area contributed by atoms with Crippen molar-refractivity contribution in [1.82, 2.24) is 0 Å². The second-order valence-corrected chi connectivity index (χ2v) is 2.45. The molecule has 0 saturated carbocycles. The van der Waals surface area contributed by atoms with Crippen LogP contribution in [0.1, 0.15) is 6.42 Å². The van der Waals surface area contributed by atoms with Gasteiger partial charge in [0.2, 0.25) is 6.29 Å². The van der Waals surface area contributed by atoms with Gasteiger partial charge in [0, 0.05) is 6.42 Å². The molecule has 0 aliphatic carbocycles. The molecule has 11 heavy (non-hydrogen) atoms. The van der Waals surface area contributed by atoms with Gasteiger partial charge < -0.3 is 20.1 Å². The minimum atomic E-state index is -1.49. The standard InChI is InChI=1S/C6H10O5/c7-2-5-3(8)1-4(9)6(10)11-5/h3,5-8,10H,1-2H2/t3-,5+,6?/m0/s1. The van der Waals surface area contributed by atoms with Crippen molar-refractivity contribution in [2.24, 2.45) is 0 Å². The number of carbonyl (C=O) groups is 1. The van der Waals surface area contributed by atoms with E-state index in [4.69, 9.17) is 15.3 Å². The van der Waals surface area contributed by atoms with Crippen LogP contribution in [0.3, 0.4) is 0 Å². The molecule has 1 heterocycles. The summed E-state index contributed by atoms with van der Waals surface area (Å²) in [7, 11) is 0. The summed E-state index contributed by atoms with van der Waals surface area (Å²) in [5, 5.41) is 26.4. The van der Waals surface area contributed by atoms with Crippen LogP contribution in [0.4, 0.5) is 0 Å². The zero-order valence-corrected chi connectivity index (χ0v) is 5.80. The van der Waals surface area contributed by atoms with Crippen LogP contribution in [0, 0.1) is 0 Å². The normalized spacial score (nSPS) is 39.2. The highest BCUT2D eigenvalue weighted by molar-refractivity contribution is 5.82. The Bertz CT molecular complexity index is 157. The van der Waals surface area contributed by atoms with Gasteiger partial charge in [-0.3, -0.25) is 4.79 Å². The molecule has 0 spiro atoms. The third-order valence-electron chi connectivity index (χ3n) is 1.60. The van der Waals surface area contributed by atoms with Gasteiger partial charge in [-0.05, 0) is 0 Å². The van der Waals surface area contributed by atoms with Crippen molar-refractivity contribution in [3.05, 3.63) is 0 Å². The van der Waals surface area contributed by atoms with E-state index < -0.39 is 30.9 Å². The molecule has 0 aromatic rings. The molecule has 5 nitrogen and oxygen atoms in total. The fourth-order valence-corrected chi connectivity index (χ4v) is 0.935. The first-order chi connectivity index (χ1) is 5.15. The van der Waals surface area contributed by atoms with Gasteiger partial charge in [-0.1, -0.05) is 0 Å². The SMILES string of the molecule is O=C1C[C@H](O)[C@@H](CO)OC1O. The Kier molecular flexibility index (Phi) is 2.56. The molecule has 0 amide bonds. The van der Waals surface area contributed by atoms with Gasteiger partial charge in [0.1, 0.15) is 6.10 Å². The van der Waals surface area contributed by atoms with E-state index in [0.717, 1.165) is 0 Å². The van der Waals surface area contributed by atoms with E-state index in [9.17, 15) is 4.79 Å². The van der Waals surface area contributed by atoms with Crippen LogP contribution in [-0.2, 0) is 9.53 Å². The van der Waals surface area contributed by atoms with Crippen molar-refractivity contribution in [3.63, 3.8) is 0 Å². The highest BCUT2D eigenvalue weighted by Gasteiger charge is 2.34. The summed E-state index contributed by atoms with van der Waals surface area (Å²) in [5.41, 5.74) is 0. The molecule has 0 aromatic carbocycles. The molecule has 1 unspecified atom stereocenters. The number of rotatable bonds is 1. The molecule has 3 N–H and O–H groups in total. The number of aliphatic hydroxyl groups excluding tert-OH is 3. The van der Waals surface area contributed by atoms with E-state index in [2.05, 4.69) is 4.74 Å². The van der Waals surface area contributed by atoms with Crippen molar-refractivity contribution < 1.29 is 24.9 Å². The number of ketones is 1. The molecular weight excluding hydrogens is 152 g/mol. The molecular formula is C6H10O5. The average Bonchev–Trinajstić information content (AvgIpc) is 1.97. The first-order valence-corrected chi connectivity index (χ1v) is 3.30. The van der Waals surface area contributed by atoms with Gasteiger partial charge in [-0.2, -0.15) is 0 Å². The Balaban J connectivity index is 2.54. The summed E-state index contributed by atoms with van der Waals surface area (Å²) in [6.07, 6.45) is -3.50. The van der Waals surface area contributed by atoms with E-state index >= 15 is 0 Å². The highest BCUT2D eigenvalue weighted by atomic mass is 16.6. The predicted molar refractivity (Wildman–Crippen MR) is 33.6 cm³/mol. The van der Waals surface area contributed by atoms with Crippen LogP contribution >= 0.6 is 0 Å². The lowest BCUT2D eigenvalue weighted by molar-refractivity contribution is -0.205. The Hall–Kier alpha value is -0.490. The Morgan fingerprint density at radius 2 is 2.18 bits per heavy atom. The van der Waals surface area contributed by atoms with E-state index in [0.29, 0.717) is 0 Å². The van der Waals surface area contributed by atoms with E-state index in [1.54, 1.807) is 0 Å². The molecule has 64 valence electrons. The smallest absolute Gasteiger partial charge is 0.215 e. The Morgan fingerprint density at radius 3 is 2.73 bits per heavy atom. The topological polar surface area (TPSA) is 87.0 Å². The molecule has 1 fully saturated rings. The lowest BCUT2D eigenvalue weighted by Gasteiger charge is -2.28. The van der Waals surface area contributed by atoms with Gasteiger partial charge in [0.15, 0.2) is 5.78 Å². The lowest BCUT2D eigenvalue weighted by Crippen LogP contribution is -2.46. The third-order valence-corrected chi connectivity index (χ3v) is 1.60. The number of ether oxygens (including phenoxy) is 1. The predicted octanol–water partition coefficient (Wildman–Crippen LogP) is -1.98. The fraction of sp³-hybridized carbons (Fsp3) is 0.833. The molecule has 0 bridgehead atoms. The third kappa shape index (κ3) is 1.75. The van der Waals surface area contributed by atoms with Crippen molar-refractivity contribution in [3.8, 4) is 0 Å². The number of hydrogen-bond donors (Lipinski definition) is 3. The first-order valence-electron chi connectivity index (χ1n) is 3.30. The quantitative estimate of drug-likeness (QED) is 0.415. The van der Waals surface area contributed by atoms with Crippen LogP contribution < -0.4 is 0 Å². The maximum atomic E-state index is 10.6. The van der Waals surface area contributed by atoms with Crippen LogP contribution in [0.15, 0.2) is 0 Å². The van der Waals surface area contributed by atoms with Gasteiger partial charge in [-0.15, -0.1) is 0 Å². The zero-order chi connectivity index (χ0) is 8.43. The van der Waals surface area contributed by atoms with E-state index in [1.807, 2.05) is 0 Å². The molecule has 1 aliphatic rings. The summed E-state index contributed by atoms with van der Waals surface area (Å²) in [4.78, 5) is 10.6. The van der Waals surface area contributed by atoms with Crippen LogP contribution in [-0.4, -0.2) is 46.2 Å². The minimum Gasteiger partial charge on any atom is -0.394 e. The lowest BCUT2D eigenvalue weighted by atomic mass is 10.0. The van der Waals surface area contributed by atoms with Crippen LogP contribution in [0.25, 0.3) is 0 Å². The Labute approximate surface area is 63.2 Å².